The fourth-order valence-corrected chi connectivity index (χ4v) is 2.72. The molecule has 0 spiro atoms. The van der Waals surface area contributed by atoms with Gasteiger partial charge in [-0.3, -0.25) is 9.00 Å². The maximum Gasteiger partial charge on any atom is 0.239 e. The average molecular weight is 298 g/mol. The van der Waals surface area contributed by atoms with Gasteiger partial charge in [-0.25, -0.2) is 0 Å². The molecular weight excluding hydrogens is 276 g/mol. The van der Waals surface area contributed by atoms with Crippen molar-refractivity contribution in [3.8, 4) is 0 Å². The Morgan fingerprint density at radius 2 is 2.25 bits per heavy atom. The Morgan fingerprint density at radius 3 is 2.90 bits per heavy atom. The van der Waals surface area contributed by atoms with Gasteiger partial charge in [0.05, 0.1) is 0 Å². The van der Waals surface area contributed by atoms with E-state index in [0.29, 0.717) is 31.0 Å². The fraction of sp³-hybridized carbons (Fsp3) is 0.500. The van der Waals surface area contributed by atoms with Gasteiger partial charge in [0.25, 0.3) is 0 Å². The van der Waals surface area contributed by atoms with Gasteiger partial charge in [-0.2, -0.15) is 0 Å². The first kappa shape index (κ1) is 16.8. The number of carbonyl (C=O) groups is 1. The number of rotatable bonds is 8. The quantitative estimate of drug-likeness (QED) is 0.708. The lowest BCUT2D eigenvalue weighted by atomic mass is 10.2. The van der Waals surface area contributed by atoms with E-state index in [1.807, 2.05) is 18.2 Å². The largest absolute Gasteiger partial charge is 0.385 e. The summed E-state index contributed by atoms with van der Waals surface area (Å²) < 4.78 is 16.9. The Morgan fingerprint density at radius 1 is 1.50 bits per heavy atom. The van der Waals surface area contributed by atoms with Gasteiger partial charge in [0.2, 0.25) is 5.91 Å². The Labute approximate surface area is 122 Å². The molecule has 0 radical (unpaired) electrons. The lowest BCUT2D eigenvalue weighted by Crippen LogP contribution is -2.30. The highest BCUT2D eigenvalue weighted by atomic mass is 32.2. The van der Waals surface area contributed by atoms with Gasteiger partial charge >= 0.3 is 0 Å². The van der Waals surface area contributed by atoms with E-state index in [9.17, 15) is 9.00 Å². The second kappa shape index (κ2) is 8.84. The molecule has 0 saturated carbocycles. The zero-order valence-corrected chi connectivity index (χ0v) is 12.7. The number of hydrogen-bond acceptors (Lipinski definition) is 4. The molecule has 0 aliphatic heterocycles. The highest BCUT2D eigenvalue weighted by Crippen LogP contribution is 2.11. The molecule has 0 aromatic heterocycles. The second-order valence-electron chi connectivity index (χ2n) is 4.47. The predicted molar refractivity (Wildman–Crippen MR) is 81.9 cm³/mol. The molecule has 5 nitrogen and oxygen atoms in total. The zero-order valence-electron chi connectivity index (χ0n) is 11.9. The van der Waals surface area contributed by atoms with Crippen LogP contribution in [0.25, 0.3) is 0 Å². The number of nitrogens with two attached hydrogens (primary N) is 1. The van der Waals surface area contributed by atoms with Crippen LogP contribution in [0.4, 0.5) is 5.69 Å². The van der Waals surface area contributed by atoms with Crippen molar-refractivity contribution < 1.29 is 13.7 Å². The van der Waals surface area contributed by atoms with Crippen molar-refractivity contribution in [3.05, 3.63) is 29.8 Å². The molecule has 0 fully saturated rings. The molecule has 0 aliphatic carbocycles. The summed E-state index contributed by atoms with van der Waals surface area (Å²) in [7, 11) is 0.407. The van der Waals surface area contributed by atoms with Gasteiger partial charge in [-0.1, -0.05) is 12.1 Å². The van der Waals surface area contributed by atoms with Crippen molar-refractivity contribution in [2.75, 3.05) is 24.8 Å². The van der Waals surface area contributed by atoms with Crippen LogP contribution in [0.1, 0.15) is 18.9 Å². The van der Waals surface area contributed by atoms with Crippen LogP contribution in [0.5, 0.6) is 0 Å². The molecule has 1 rings (SSSR count). The molecule has 1 aromatic rings. The lowest BCUT2D eigenvalue weighted by molar-refractivity contribution is -0.115. The first-order valence-corrected chi connectivity index (χ1v) is 7.92. The number of hydrogen-bond donors (Lipinski definition) is 2. The molecule has 0 bridgehead atoms. The number of amides is 1. The van der Waals surface area contributed by atoms with E-state index < -0.39 is 16.0 Å². The van der Waals surface area contributed by atoms with E-state index in [4.69, 9.17) is 10.5 Å². The standard InChI is InChI=1S/C14H22N2O3S/c1-11(20(18)8-4-7-19-2)14(17)16-13-6-3-5-12(9-13)10-15/h3,5-6,9,11H,4,7-8,10,15H2,1-2H3,(H,16,17). The highest BCUT2D eigenvalue weighted by molar-refractivity contribution is 7.86. The summed E-state index contributed by atoms with van der Waals surface area (Å²) in [4.78, 5) is 12.0. The molecule has 20 heavy (non-hydrogen) atoms. The number of anilines is 1. The maximum atomic E-state index is 12.0. The summed E-state index contributed by atoms with van der Waals surface area (Å²) in [6.07, 6.45) is 0.684. The molecule has 6 heteroatoms. The first-order valence-electron chi connectivity index (χ1n) is 6.54. The Bertz CT molecular complexity index is 465. The van der Waals surface area contributed by atoms with E-state index in [-0.39, 0.29) is 5.91 Å². The van der Waals surface area contributed by atoms with E-state index in [0.717, 1.165) is 5.56 Å². The van der Waals surface area contributed by atoms with Crippen LogP contribution in [0, 0.1) is 0 Å². The third-order valence-corrected chi connectivity index (χ3v) is 4.58. The highest BCUT2D eigenvalue weighted by Gasteiger charge is 2.19. The summed E-state index contributed by atoms with van der Waals surface area (Å²) in [5.74, 6) is 0.223. The Kier molecular flexibility index (Phi) is 7.43. The van der Waals surface area contributed by atoms with Crippen molar-refractivity contribution in [3.63, 3.8) is 0 Å². The minimum atomic E-state index is -1.19. The number of methoxy groups -OCH3 is 1. The SMILES string of the molecule is COCCCS(=O)C(C)C(=O)Nc1cccc(CN)c1. The topological polar surface area (TPSA) is 81.4 Å². The van der Waals surface area contributed by atoms with Gasteiger partial charge < -0.3 is 15.8 Å². The van der Waals surface area contributed by atoms with Crippen LogP contribution in [0.3, 0.4) is 0 Å². The number of nitrogens with one attached hydrogen (secondary N) is 1. The molecule has 0 heterocycles. The van der Waals surface area contributed by atoms with Crippen LogP contribution in [-0.2, 0) is 26.9 Å². The van der Waals surface area contributed by atoms with Gasteiger partial charge in [-0.15, -0.1) is 0 Å². The number of benzene rings is 1. The van der Waals surface area contributed by atoms with Gasteiger partial charge in [0, 0.05) is 42.5 Å². The molecule has 0 saturated heterocycles. The zero-order chi connectivity index (χ0) is 15.0. The van der Waals surface area contributed by atoms with E-state index >= 15 is 0 Å². The van der Waals surface area contributed by atoms with Gasteiger partial charge in [-0.05, 0) is 31.0 Å². The van der Waals surface area contributed by atoms with Crippen molar-refractivity contribution in [1.29, 1.82) is 0 Å². The monoisotopic (exact) mass is 298 g/mol. The van der Waals surface area contributed by atoms with Crippen LogP contribution in [0.2, 0.25) is 0 Å². The van der Waals surface area contributed by atoms with Crippen LogP contribution in [-0.4, -0.2) is 34.8 Å². The van der Waals surface area contributed by atoms with E-state index in [1.54, 1.807) is 20.1 Å². The number of carbonyl (C=O) groups excluding carboxylic acids is 1. The van der Waals surface area contributed by atoms with Gasteiger partial charge in [0.15, 0.2) is 0 Å². The predicted octanol–water partition coefficient (Wildman–Crippen LogP) is 1.26. The van der Waals surface area contributed by atoms with Crippen LogP contribution in [0.15, 0.2) is 24.3 Å². The van der Waals surface area contributed by atoms with E-state index in [1.165, 1.54) is 0 Å². The number of ether oxygens (including phenoxy) is 1. The fourth-order valence-electron chi connectivity index (χ4n) is 1.66. The molecule has 0 aliphatic rings. The molecule has 1 aromatic carbocycles. The normalized spacial score (nSPS) is 13.8. The van der Waals surface area contributed by atoms with Gasteiger partial charge in [0.1, 0.15) is 5.25 Å². The summed E-state index contributed by atoms with van der Waals surface area (Å²) in [5, 5.41) is 2.22. The maximum absolute atomic E-state index is 12.0. The van der Waals surface area contributed by atoms with Crippen molar-refractivity contribution in [2.45, 2.75) is 25.1 Å². The lowest BCUT2D eigenvalue weighted by Gasteiger charge is -2.12. The molecule has 2 atom stereocenters. The Hall–Kier alpha value is -1.24. The smallest absolute Gasteiger partial charge is 0.239 e. The third kappa shape index (κ3) is 5.40. The van der Waals surface area contributed by atoms with Crippen molar-refractivity contribution in [2.24, 2.45) is 5.73 Å². The van der Waals surface area contributed by atoms with Crippen molar-refractivity contribution >= 4 is 22.4 Å². The first-order chi connectivity index (χ1) is 9.58. The van der Waals surface area contributed by atoms with Crippen LogP contribution >= 0.6 is 0 Å². The molecule has 3 N–H and O–H groups in total. The summed E-state index contributed by atoms with van der Waals surface area (Å²) in [6, 6.07) is 7.33. The van der Waals surface area contributed by atoms with Crippen molar-refractivity contribution in [1.82, 2.24) is 0 Å². The summed E-state index contributed by atoms with van der Waals surface area (Å²) in [5.41, 5.74) is 7.17. The second-order valence-corrected chi connectivity index (χ2v) is 6.34. The average Bonchev–Trinajstić information content (AvgIpc) is 2.46. The van der Waals surface area contributed by atoms with E-state index in [2.05, 4.69) is 5.32 Å². The summed E-state index contributed by atoms with van der Waals surface area (Å²) >= 11 is 0. The Balaban J connectivity index is 2.54. The molecule has 1 amide bonds. The summed E-state index contributed by atoms with van der Waals surface area (Å²) in [6.45, 7) is 2.64. The molecule has 2 unspecified atom stereocenters. The minimum absolute atomic E-state index is 0.241. The molecular formula is C14H22N2O3S. The third-order valence-electron chi connectivity index (χ3n) is 2.89. The minimum Gasteiger partial charge on any atom is -0.385 e. The molecule has 112 valence electrons. The van der Waals surface area contributed by atoms with Crippen LogP contribution < -0.4 is 11.1 Å².